The van der Waals surface area contributed by atoms with Crippen LogP contribution in [0.15, 0.2) is 29.0 Å². The number of furan rings is 1. The number of carbonyl (C=O) groups excluding carboxylic acids is 1. The van der Waals surface area contributed by atoms with E-state index in [-0.39, 0.29) is 17.8 Å². The molecule has 0 aliphatic heterocycles. The molecule has 0 aromatic carbocycles. The van der Waals surface area contributed by atoms with E-state index < -0.39 is 11.9 Å². The average molecular weight is 249 g/mol. The van der Waals surface area contributed by atoms with Crippen molar-refractivity contribution < 1.29 is 19.1 Å². The van der Waals surface area contributed by atoms with Crippen LogP contribution < -0.4 is 5.32 Å². The fourth-order valence-corrected chi connectivity index (χ4v) is 1.49. The molecule has 0 aliphatic rings. The van der Waals surface area contributed by atoms with E-state index in [4.69, 9.17) is 9.52 Å². The normalized spacial score (nSPS) is 10.3. The van der Waals surface area contributed by atoms with Gasteiger partial charge < -0.3 is 14.8 Å². The largest absolute Gasteiger partial charge is 0.476 e. The van der Waals surface area contributed by atoms with Gasteiger partial charge in [0.1, 0.15) is 5.76 Å². The lowest BCUT2D eigenvalue weighted by Gasteiger charge is -2.01. The number of hydrogen-bond donors (Lipinski definition) is 2. The number of aromatic nitrogens is 2. The van der Waals surface area contributed by atoms with E-state index in [1.54, 1.807) is 19.2 Å². The highest BCUT2D eigenvalue weighted by Crippen LogP contribution is 2.07. The lowest BCUT2D eigenvalue weighted by Crippen LogP contribution is -2.24. The Morgan fingerprint density at radius 3 is 2.94 bits per heavy atom. The van der Waals surface area contributed by atoms with Crippen LogP contribution in [0.25, 0.3) is 0 Å². The third kappa shape index (κ3) is 2.40. The van der Waals surface area contributed by atoms with Crippen molar-refractivity contribution in [1.29, 1.82) is 0 Å². The number of aryl methyl sites for hydroxylation is 1. The summed E-state index contributed by atoms with van der Waals surface area (Å²) >= 11 is 0. The maximum atomic E-state index is 11.8. The summed E-state index contributed by atoms with van der Waals surface area (Å²) < 4.78 is 6.33. The molecule has 2 aromatic rings. The highest BCUT2D eigenvalue weighted by atomic mass is 16.4. The van der Waals surface area contributed by atoms with Crippen molar-refractivity contribution in [2.45, 2.75) is 6.54 Å². The summed E-state index contributed by atoms with van der Waals surface area (Å²) in [5.41, 5.74) is -0.244. The summed E-state index contributed by atoms with van der Waals surface area (Å²) in [6.45, 7) is 0.194. The maximum absolute atomic E-state index is 11.8. The molecule has 0 bridgehead atoms. The average Bonchev–Trinajstić information content (AvgIpc) is 2.94. The summed E-state index contributed by atoms with van der Waals surface area (Å²) in [5.74, 6) is -1.15. The summed E-state index contributed by atoms with van der Waals surface area (Å²) in [5, 5.41) is 15.2. The Morgan fingerprint density at radius 1 is 1.56 bits per heavy atom. The van der Waals surface area contributed by atoms with Crippen LogP contribution in [0, 0.1) is 0 Å². The van der Waals surface area contributed by atoms with Gasteiger partial charge in [0.15, 0.2) is 5.69 Å². The number of carboxylic acids is 1. The number of aromatic carboxylic acids is 1. The highest BCUT2D eigenvalue weighted by molar-refractivity contribution is 6.03. The molecule has 94 valence electrons. The third-order valence-electron chi connectivity index (χ3n) is 2.28. The van der Waals surface area contributed by atoms with Crippen molar-refractivity contribution in [3.8, 4) is 0 Å². The van der Waals surface area contributed by atoms with Crippen LogP contribution in [0.2, 0.25) is 0 Å². The first-order valence-corrected chi connectivity index (χ1v) is 5.15. The molecule has 0 spiro atoms. The van der Waals surface area contributed by atoms with Gasteiger partial charge in [-0.2, -0.15) is 5.10 Å². The SMILES string of the molecule is Cn1cc(C(=O)NCc2ccco2)c(C(=O)O)n1. The second kappa shape index (κ2) is 4.74. The van der Waals surface area contributed by atoms with E-state index in [9.17, 15) is 9.59 Å². The van der Waals surface area contributed by atoms with Gasteiger partial charge in [0.2, 0.25) is 0 Å². The molecule has 7 heteroatoms. The Labute approximate surface area is 102 Å². The number of nitrogens with zero attached hydrogens (tertiary/aromatic N) is 2. The minimum Gasteiger partial charge on any atom is -0.476 e. The first kappa shape index (κ1) is 11.9. The molecule has 1 amide bonds. The predicted molar refractivity (Wildman–Crippen MR) is 60.0 cm³/mol. The number of nitrogens with one attached hydrogen (secondary N) is 1. The Kier molecular flexibility index (Phi) is 3.13. The molecule has 18 heavy (non-hydrogen) atoms. The van der Waals surface area contributed by atoms with Crippen LogP contribution in [-0.4, -0.2) is 26.8 Å². The van der Waals surface area contributed by atoms with Crippen LogP contribution in [0.5, 0.6) is 0 Å². The Bertz CT molecular complexity index is 571. The maximum Gasteiger partial charge on any atom is 0.357 e. The van der Waals surface area contributed by atoms with Gasteiger partial charge in [0.25, 0.3) is 5.91 Å². The molecule has 0 radical (unpaired) electrons. The topological polar surface area (TPSA) is 97.4 Å². The zero-order chi connectivity index (χ0) is 13.1. The lowest BCUT2D eigenvalue weighted by atomic mass is 10.2. The first-order valence-electron chi connectivity index (χ1n) is 5.15. The van der Waals surface area contributed by atoms with Gasteiger partial charge in [0, 0.05) is 13.2 Å². The van der Waals surface area contributed by atoms with E-state index in [1.807, 2.05) is 0 Å². The van der Waals surface area contributed by atoms with E-state index in [0.717, 1.165) is 0 Å². The molecule has 0 fully saturated rings. The molecule has 0 atom stereocenters. The Morgan fingerprint density at radius 2 is 2.33 bits per heavy atom. The van der Waals surface area contributed by atoms with Crippen molar-refractivity contribution in [3.63, 3.8) is 0 Å². The molecular weight excluding hydrogens is 238 g/mol. The number of hydrogen-bond acceptors (Lipinski definition) is 4. The first-order chi connectivity index (χ1) is 8.58. The van der Waals surface area contributed by atoms with E-state index in [2.05, 4.69) is 10.4 Å². The smallest absolute Gasteiger partial charge is 0.357 e. The van der Waals surface area contributed by atoms with Gasteiger partial charge in [-0.15, -0.1) is 0 Å². The van der Waals surface area contributed by atoms with Gasteiger partial charge in [-0.3, -0.25) is 9.48 Å². The van der Waals surface area contributed by atoms with Crippen LogP contribution >= 0.6 is 0 Å². The van der Waals surface area contributed by atoms with E-state index >= 15 is 0 Å². The Hall–Kier alpha value is -2.57. The van der Waals surface area contributed by atoms with Crippen molar-refractivity contribution in [1.82, 2.24) is 15.1 Å². The van der Waals surface area contributed by atoms with Gasteiger partial charge in [-0.05, 0) is 12.1 Å². The molecule has 0 saturated carbocycles. The van der Waals surface area contributed by atoms with Gasteiger partial charge in [-0.1, -0.05) is 0 Å². The third-order valence-corrected chi connectivity index (χ3v) is 2.28. The zero-order valence-electron chi connectivity index (χ0n) is 9.58. The quantitative estimate of drug-likeness (QED) is 0.828. The number of carbonyl (C=O) groups is 2. The summed E-state index contributed by atoms with van der Waals surface area (Å²) in [6.07, 6.45) is 2.86. The second-order valence-corrected chi connectivity index (χ2v) is 3.63. The van der Waals surface area contributed by atoms with Gasteiger partial charge in [-0.25, -0.2) is 4.79 Å². The lowest BCUT2D eigenvalue weighted by molar-refractivity contribution is 0.0684. The molecule has 7 nitrogen and oxygen atoms in total. The van der Waals surface area contributed by atoms with E-state index in [1.165, 1.54) is 17.1 Å². The Balaban J connectivity index is 2.11. The highest BCUT2D eigenvalue weighted by Gasteiger charge is 2.20. The van der Waals surface area contributed by atoms with Crippen LogP contribution in [-0.2, 0) is 13.6 Å². The number of rotatable bonds is 4. The van der Waals surface area contributed by atoms with Gasteiger partial charge >= 0.3 is 5.97 Å². The molecule has 2 heterocycles. The van der Waals surface area contributed by atoms with Crippen LogP contribution in [0.1, 0.15) is 26.6 Å². The van der Waals surface area contributed by atoms with Gasteiger partial charge in [0.05, 0.1) is 18.4 Å². The van der Waals surface area contributed by atoms with Crippen molar-refractivity contribution in [2.24, 2.45) is 7.05 Å². The molecule has 0 aliphatic carbocycles. The van der Waals surface area contributed by atoms with Crippen molar-refractivity contribution in [2.75, 3.05) is 0 Å². The summed E-state index contributed by atoms with van der Waals surface area (Å²) in [6, 6.07) is 3.41. The molecular formula is C11H11N3O4. The minimum atomic E-state index is -1.24. The molecule has 2 N–H and O–H groups in total. The molecule has 2 rings (SSSR count). The van der Waals surface area contributed by atoms with E-state index in [0.29, 0.717) is 5.76 Å². The fraction of sp³-hybridized carbons (Fsp3) is 0.182. The van der Waals surface area contributed by atoms with Crippen LogP contribution in [0.4, 0.5) is 0 Å². The monoisotopic (exact) mass is 249 g/mol. The predicted octanol–water partition coefficient (Wildman–Crippen LogP) is 0.641. The summed E-state index contributed by atoms with van der Waals surface area (Å²) in [4.78, 5) is 22.7. The standard InChI is InChI=1S/C11H11N3O4/c1-14-6-8(9(13-14)11(16)17)10(15)12-5-7-3-2-4-18-7/h2-4,6H,5H2,1H3,(H,12,15)(H,16,17). The molecule has 2 aromatic heterocycles. The van der Waals surface area contributed by atoms with Crippen LogP contribution in [0.3, 0.4) is 0 Å². The zero-order valence-corrected chi connectivity index (χ0v) is 9.58. The molecule has 0 saturated heterocycles. The number of amides is 1. The minimum absolute atomic E-state index is 0.0246. The van der Waals surface area contributed by atoms with Crippen molar-refractivity contribution >= 4 is 11.9 Å². The summed E-state index contributed by atoms with van der Waals surface area (Å²) in [7, 11) is 1.55. The van der Waals surface area contributed by atoms with Crippen molar-refractivity contribution in [3.05, 3.63) is 41.6 Å². The fourth-order valence-electron chi connectivity index (χ4n) is 1.49. The second-order valence-electron chi connectivity index (χ2n) is 3.63. The molecule has 0 unspecified atom stereocenters. The number of carboxylic acid groups (broad SMARTS) is 1.